The van der Waals surface area contributed by atoms with Crippen molar-refractivity contribution in [2.75, 3.05) is 0 Å². The first-order valence-corrected chi connectivity index (χ1v) is 6.33. The maximum Gasteiger partial charge on any atom is 0.0739 e. The fourth-order valence-electron chi connectivity index (χ4n) is 3.39. The van der Waals surface area contributed by atoms with Crippen LogP contribution in [0.5, 0.6) is 0 Å². The standard InChI is InChI=1S/C14H27B/c1-11-7-8-14(11,9-12(2,3)4)10-13(5,6)15/h11H,7-10H2,1-6H3. The smallest absolute Gasteiger partial charge is 0.0711 e. The lowest BCUT2D eigenvalue weighted by Gasteiger charge is -2.54. The van der Waals surface area contributed by atoms with Crippen LogP contribution in [0, 0.1) is 16.7 Å². The van der Waals surface area contributed by atoms with Crippen LogP contribution in [0.2, 0.25) is 5.31 Å². The third-order valence-corrected chi connectivity index (χ3v) is 3.81. The van der Waals surface area contributed by atoms with Gasteiger partial charge in [0.2, 0.25) is 0 Å². The van der Waals surface area contributed by atoms with Crippen molar-refractivity contribution < 1.29 is 0 Å². The van der Waals surface area contributed by atoms with Crippen LogP contribution < -0.4 is 0 Å². The minimum Gasteiger partial charge on any atom is -0.0711 e. The normalized spacial score (nSPS) is 32.5. The van der Waals surface area contributed by atoms with Gasteiger partial charge in [0.1, 0.15) is 0 Å². The maximum absolute atomic E-state index is 6.21. The van der Waals surface area contributed by atoms with Gasteiger partial charge in [-0.15, -0.1) is 0 Å². The fraction of sp³-hybridized carbons (Fsp3) is 1.00. The Hall–Kier alpha value is 0.0649. The summed E-state index contributed by atoms with van der Waals surface area (Å²) in [6.45, 7) is 13.8. The average molecular weight is 206 g/mol. The summed E-state index contributed by atoms with van der Waals surface area (Å²) in [5, 5.41) is -0.0140. The molecule has 86 valence electrons. The topological polar surface area (TPSA) is 0 Å². The number of hydrogen-bond donors (Lipinski definition) is 0. The van der Waals surface area contributed by atoms with Gasteiger partial charge in [0.15, 0.2) is 0 Å². The summed E-state index contributed by atoms with van der Waals surface area (Å²) >= 11 is 0. The molecule has 1 fully saturated rings. The molecule has 0 spiro atoms. The van der Waals surface area contributed by atoms with Gasteiger partial charge >= 0.3 is 0 Å². The van der Waals surface area contributed by atoms with Gasteiger partial charge in [-0.1, -0.05) is 53.3 Å². The van der Waals surface area contributed by atoms with E-state index in [1.54, 1.807) is 0 Å². The van der Waals surface area contributed by atoms with E-state index >= 15 is 0 Å². The first-order chi connectivity index (χ1) is 6.54. The number of hydrogen-bond acceptors (Lipinski definition) is 0. The molecular weight excluding hydrogens is 179 g/mol. The molecule has 0 heterocycles. The zero-order valence-electron chi connectivity index (χ0n) is 11.5. The third kappa shape index (κ3) is 3.54. The fourth-order valence-corrected chi connectivity index (χ4v) is 3.39. The zero-order chi connectivity index (χ0) is 11.9. The van der Waals surface area contributed by atoms with Crippen LogP contribution in [0.15, 0.2) is 0 Å². The summed E-state index contributed by atoms with van der Waals surface area (Å²) in [5.74, 6) is 0.861. The molecule has 15 heavy (non-hydrogen) atoms. The second kappa shape index (κ2) is 3.82. The van der Waals surface area contributed by atoms with E-state index in [0.717, 1.165) is 5.92 Å². The molecule has 0 aromatic heterocycles. The van der Waals surface area contributed by atoms with Gasteiger partial charge in [-0.25, -0.2) is 0 Å². The molecule has 0 amide bonds. The van der Waals surface area contributed by atoms with Gasteiger partial charge in [0.25, 0.3) is 0 Å². The van der Waals surface area contributed by atoms with E-state index in [-0.39, 0.29) is 5.31 Å². The Morgan fingerprint density at radius 2 is 1.67 bits per heavy atom. The molecule has 0 bridgehead atoms. The van der Waals surface area contributed by atoms with Gasteiger partial charge in [-0.2, -0.15) is 0 Å². The van der Waals surface area contributed by atoms with E-state index < -0.39 is 0 Å². The molecule has 1 aliphatic rings. The third-order valence-electron chi connectivity index (χ3n) is 3.81. The Bertz CT molecular complexity index is 200. The SMILES string of the molecule is [B]C(C)(C)CC1(CC(C)(C)C)CCC1C. The van der Waals surface area contributed by atoms with Crippen LogP contribution in [-0.2, 0) is 0 Å². The predicted octanol–water partition coefficient (Wildman–Crippen LogP) is 4.60. The predicted molar refractivity (Wildman–Crippen MR) is 69.3 cm³/mol. The minimum atomic E-state index is -0.0140. The molecule has 2 atom stereocenters. The van der Waals surface area contributed by atoms with Gasteiger partial charge in [0, 0.05) is 0 Å². The highest BCUT2D eigenvalue weighted by atomic mass is 14.5. The Morgan fingerprint density at radius 3 is 1.87 bits per heavy atom. The minimum absolute atomic E-state index is 0.0140. The second-order valence-corrected chi connectivity index (χ2v) is 7.70. The molecule has 1 rings (SSSR count). The Labute approximate surface area is 97.6 Å². The van der Waals surface area contributed by atoms with E-state index in [0.29, 0.717) is 10.8 Å². The summed E-state index contributed by atoms with van der Waals surface area (Å²) in [6.07, 6.45) is 5.28. The molecule has 0 aromatic carbocycles. The van der Waals surface area contributed by atoms with Crippen LogP contribution in [0.25, 0.3) is 0 Å². The van der Waals surface area contributed by atoms with E-state index in [4.69, 9.17) is 7.85 Å². The van der Waals surface area contributed by atoms with E-state index in [9.17, 15) is 0 Å². The highest BCUT2D eigenvalue weighted by Gasteiger charge is 2.47. The summed E-state index contributed by atoms with van der Waals surface area (Å²) in [6, 6.07) is 0. The van der Waals surface area contributed by atoms with Crippen LogP contribution >= 0.6 is 0 Å². The summed E-state index contributed by atoms with van der Waals surface area (Å²) in [5.41, 5.74) is 0.955. The summed E-state index contributed by atoms with van der Waals surface area (Å²) < 4.78 is 0. The lowest BCUT2D eigenvalue weighted by Crippen LogP contribution is -2.43. The first-order valence-electron chi connectivity index (χ1n) is 6.33. The van der Waals surface area contributed by atoms with Crippen LogP contribution in [0.4, 0.5) is 0 Å². The molecular formula is C14H27B. The maximum atomic E-state index is 6.21. The largest absolute Gasteiger partial charge is 0.0739 e. The molecule has 1 saturated carbocycles. The van der Waals surface area contributed by atoms with Crippen molar-refractivity contribution in [1.29, 1.82) is 0 Å². The van der Waals surface area contributed by atoms with Crippen molar-refractivity contribution in [2.45, 2.75) is 72.5 Å². The van der Waals surface area contributed by atoms with Crippen molar-refractivity contribution in [3.8, 4) is 0 Å². The van der Waals surface area contributed by atoms with Gasteiger partial charge in [-0.05, 0) is 36.0 Å². The molecule has 0 saturated heterocycles. The molecule has 0 aromatic rings. The van der Waals surface area contributed by atoms with Crippen molar-refractivity contribution in [3.63, 3.8) is 0 Å². The molecule has 0 aliphatic heterocycles. The molecule has 2 unspecified atom stereocenters. The zero-order valence-corrected chi connectivity index (χ0v) is 11.5. The van der Waals surface area contributed by atoms with Crippen LogP contribution in [-0.4, -0.2) is 7.85 Å². The second-order valence-electron chi connectivity index (χ2n) is 7.70. The van der Waals surface area contributed by atoms with Gasteiger partial charge < -0.3 is 0 Å². The van der Waals surface area contributed by atoms with Crippen LogP contribution in [0.3, 0.4) is 0 Å². The average Bonchev–Trinajstić information content (AvgIpc) is 1.95. The first kappa shape index (κ1) is 13.1. The van der Waals surface area contributed by atoms with E-state index in [2.05, 4.69) is 41.5 Å². The van der Waals surface area contributed by atoms with Crippen molar-refractivity contribution in [3.05, 3.63) is 0 Å². The molecule has 0 N–H and O–H groups in total. The Kier molecular flexibility index (Phi) is 3.35. The lowest BCUT2D eigenvalue weighted by atomic mass is 9.48. The number of rotatable bonds is 3. The van der Waals surface area contributed by atoms with Gasteiger partial charge in [-0.3, -0.25) is 0 Å². The summed E-state index contributed by atoms with van der Waals surface area (Å²) in [4.78, 5) is 0. The highest BCUT2D eigenvalue weighted by Crippen LogP contribution is 2.59. The molecule has 1 heteroatoms. The quantitative estimate of drug-likeness (QED) is 0.592. The van der Waals surface area contributed by atoms with Crippen LogP contribution in [0.1, 0.15) is 67.2 Å². The Balaban J connectivity index is 2.73. The summed E-state index contributed by atoms with van der Waals surface area (Å²) in [7, 11) is 6.21. The molecule has 0 nitrogen and oxygen atoms in total. The molecule has 1 aliphatic carbocycles. The van der Waals surface area contributed by atoms with Crippen molar-refractivity contribution in [2.24, 2.45) is 16.7 Å². The van der Waals surface area contributed by atoms with Crippen molar-refractivity contribution >= 4 is 7.85 Å². The van der Waals surface area contributed by atoms with Crippen molar-refractivity contribution in [1.82, 2.24) is 0 Å². The van der Waals surface area contributed by atoms with E-state index in [1.807, 2.05) is 0 Å². The monoisotopic (exact) mass is 206 g/mol. The Morgan fingerprint density at radius 1 is 1.13 bits per heavy atom. The lowest BCUT2D eigenvalue weighted by molar-refractivity contribution is -0.0167. The highest BCUT2D eigenvalue weighted by molar-refractivity contribution is 6.14. The van der Waals surface area contributed by atoms with Gasteiger partial charge in [0.05, 0.1) is 7.85 Å². The van der Waals surface area contributed by atoms with E-state index in [1.165, 1.54) is 25.7 Å². The molecule has 2 radical (unpaired) electrons.